The summed E-state index contributed by atoms with van der Waals surface area (Å²) in [6.07, 6.45) is 6.30. The molecule has 2 aromatic heterocycles. The van der Waals surface area contributed by atoms with Crippen LogP contribution in [0.15, 0.2) is 42.7 Å². The van der Waals surface area contributed by atoms with Gasteiger partial charge < -0.3 is 14.8 Å². The molecule has 6 nitrogen and oxygen atoms in total. The Balaban J connectivity index is 0.00000120. The minimum atomic E-state index is 0. The number of aromatic nitrogens is 4. The molecule has 8 heteroatoms. The highest BCUT2D eigenvalue weighted by Gasteiger charge is 2.24. The molecule has 0 atom stereocenters. The van der Waals surface area contributed by atoms with E-state index >= 15 is 0 Å². The molecule has 2 aliphatic heterocycles. The molecule has 3 aromatic rings. The predicted octanol–water partition coefficient (Wildman–Crippen LogP) is 3.84. The van der Waals surface area contributed by atoms with E-state index in [0.717, 1.165) is 57.1 Å². The minimum Gasteiger partial charge on any atom is -0.371 e. The van der Waals surface area contributed by atoms with E-state index in [1.165, 1.54) is 16.9 Å². The number of hydrogen-bond donors (Lipinski definition) is 1. The van der Waals surface area contributed by atoms with E-state index in [-0.39, 0.29) is 24.8 Å². The molecule has 29 heavy (non-hydrogen) atoms. The van der Waals surface area contributed by atoms with Crippen LogP contribution in [0.3, 0.4) is 0 Å². The molecule has 0 amide bonds. The lowest BCUT2D eigenvalue weighted by atomic mass is 10.0. The lowest BCUT2D eigenvalue weighted by molar-refractivity contribution is 0.398. The number of nitrogens with zero attached hydrogens (tertiary/aromatic N) is 5. The number of fused-ring (bicyclic) bond motifs is 1. The molecular weight excluding hydrogens is 407 g/mol. The second-order valence-corrected chi connectivity index (χ2v) is 7.64. The van der Waals surface area contributed by atoms with Crippen molar-refractivity contribution in [3.63, 3.8) is 0 Å². The largest absolute Gasteiger partial charge is 0.371 e. The van der Waals surface area contributed by atoms with Crippen molar-refractivity contribution in [1.29, 1.82) is 0 Å². The van der Waals surface area contributed by atoms with E-state index in [2.05, 4.69) is 67.9 Å². The maximum atomic E-state index is 4.80. The van der Waals surface area contributed by atoms with Crippen molar-refractivity contribution in [2.75, 3.05) is 24.5 Å². The molecule has 0 spiro atoms. The van der Waals surface area contributed by atoms with Crippen molar-refractivity contribution in [2.45, 2.75) is 38.9 Å². The Hall–Kier alpha value is -2.02. The van der Waals surface area contributed by atoms with Gasteiger partial charge in [-0.05, 0) is 43.5 Å². The van der Waals surface area contributed by atoms with Crippen molar-refractivity contribution in [2.24, 2.45) is 0 Å². The Labute approximate surface area is 184 Å². The zero-order chi connectivity index (χ0) is 18.2. The molecule has 1 fully saturated rings. The number of piperidine rings is 1. The van der Waals surface area contributed by atoms with Gasteiger partial charge in [0.1, 0.15) is 5.69 Å². The number of rotatable bonds is 3. The normalized spacial score (nSPS) is 16.7. The van der Waals surface area contributed by atoms with E-state index in [1.807, 2.05) is 6.20 Å². The van der Waals surface area contributed by atoms with Gasteiger partial charge in [0.05, 0.1) is 12.2 Å². The number of nitrogens with one attached hydrogen (secondary N) is 1. The number of halogens is 2. The lowest BCUT2D eigenvalue weighted by Crippen LogP contribution is -2.34. The van der Waals surface area contributed by atoms with Gasteiger partial charge in [-0.2, -0.15) is 5.10 Å². The van der Waals surface area contributed by atoms with Crippen LogP contribution in [-0.2, 0) is 13.1 Å². The van der Waals surface area contributed by atoms with E-state index in [9.17, 15) is 0 Å². The molecule has 0 saturated carbocycles. The van der Waals surface area contributed by atoms with Crippen LogP contribution in [0.4, 0.5) is 5.69 Å². The van der Waals surface area contributed by atoms with Crippen LogP contribution in [-0.4, -0.2) is 39.0 Å². The van der Waals surface area contributed by atoms with Crippen molar-refractivity contribution >= 4 is 30.5 Å². The highest BCUT2D eigenvalue weighted by Crippen LogP contribution is 2.30. The second kappa shape index (κ2) is 9.20. The highest BCUT2D eigenvalue weighted by atomic mass is 35.5. The third-order valence-electron chi connectivity index (χ3n) is 5.79. The first kappa shape index (κ1) is 21.7. The molecule has 1 N–H and O–H groups in total. The average molecular weight is 435 g/mol. The SMILES string of the molecule is Cc1cccc(N2CCC(n3ccnc3-c3cc4n(n3)CCNC4)CC2)c1.Cl.Cl. The van der Waals surface area contributed by atoms with Crippen molar-refractivity contribution in [3.8, 4) is 11.5 Å². The standard InChI is InChI=1S/C21H26N6.2ClH/c1-16-3-2-4-18(13-16)25-9-5-17(6-10-25)26-11-8-23-21(26)20-14-19-15-22-7-12-27(19)24-20;;/h2-4,8,11,13-14,17,22H,5-7,9-10,12,15H2,1H3;2*1H. The molecule has 5 rings (SSSR count). The van der Waals surface area contributed by atoms with Crippen LogP contribution in [0.2, 0.25) is 0 Å². The zero-order valence-electron chi connectivity index (χ0n) is 16.6. The molecule has 2 aliphatic rings. The predicted molar refractivity (Wildman–Crippen MR) is 121 cm³/mol. The second-order valence-electron chi connectivity index (χ2n) is 7.64. The summed E-state index contributed by atoms with van der Waals surface area (Å²) in [4.78, 5) is 7.15. The van der Waals surface area contributed by atoms with Gasteiger partial charge in [-0.3, -0.25) is 4.68 Å². The fourth-order valence-electron chi connectivity index (χ4n) is 4.34. The van der Waals surface area contributed by atoms with E-state index in [0.29, 0.717) is 6.04 Å². The first-order valence-electron chi connectivity index (χ1n) is 9.90. The minimum absolute atomic E-state index is 0. The van der Waals surface area contributed by atoms with Gasteiger partial charge in [-0.25, -0.2) is 4.98 Å². The molecule has 0 radical (unpaired) electrons. The number of hydrogen-bond acceptors (Lipinski definition) is 4. The maximum Gasteiger partial charge on any atom is 0.160 e. The molecule has 0 bridgehead atoms. The van der Waals surface area contributed by atoms with Gasteiger partial charge in [-0.15, -0.1) is 24.8 Å². The molecule has 156 valence electrons. The maximum absolute atomic E-state index is 4.80. The average Bonchev–Trinajstić information content (AvgIpc) is 3.35. The van der Waals surface area contributed by atoms with Gasteiger partial charge in [0, 0.05) is 50.3 Å². The number of aryl methyl sites for hydroxylation is 1. The fourth-order valence-corrected chi connectivity index (χ4v) is 4.34. The Morgan fingerprint density at radius 3 is 2.66 bits per heavy atom. The highest BCUT2D eigenvalue weighted by molar-refractivity contribution is 5.85. The molecular formula is C21H28Cl2N6. The van der Waals surface area contributed by atoms with E-state index in [1.54, 1.807) is 0 Å². The molecule has 4 heterocycles. The van der Waals surface area contributed by atoms with Gasteiger partial charge in [0.15, 0.2) is 5.82 Å². The van der Waals surface area contributed by atoms with Crippen LogP contribution in [0.5, 0.6) is 0 Å². The Kier molecular flexibility index (Phi) is 6.88. The summed E-state index contributed by atoms with van der Waals surface area (Å²) in [5, 5.41) is 8.21. The third kappa shape index (κ3) is 4.29. The summed E-state index contributed by atoms with van der Waals surface area (Å²) < 4.78 is 4.46. The van der Waals surface area contributed by atoms with Crippen molar-refractivity contribution in [3.05, 3.63) is 54.0 Å². The van der Waals surface area contributed by atoms with Gasteiger partial charge in [-0.1, -0.05) is 12.1 Å². The van der Waals surface area contributed by atoms with Gasteiger partial charge in [0.2, 0.25) is 0 Å². The Bertz CT molecular complexity index is 919. The monoisotopic (exact) mass is 434 g/mol. The van der Waals surface area contributed by atoms with E-state index in [4.69, 9.17) is 5.10 Å². The summed E-state index contributed by atoms with van der Waals surface area (Å²) in [7, 11) is 0. The zero-order valence-corrected chi connectivity index (χ0v) is 18.3. The topological polar surface area (TPSA) is 50.9 Å². The molecule has 1 saturated heterocycles. The number of imidazole rings is 1. The van der Waals surface area contributed by atoms with Crippen LogP contribution in [0.25, 0.3) is 11.5 Å². The van der Waals surface area contributed by atoms with Crippen molar-refractivity contribution in [1.82, 2.24) is 24.6 Å². The molecule has 0 unspecified atom stereocenters. The van der Waals surface area contributed by atoms with Gasteiger partial charge >= 0.3 is 0 Å². The lowest BCUT2D eigenvalue weighted by Gasteiger charge is -2.34. The smallest absolute Gasteiger partial charge is 0.160 e. The fraction of sp³-hybridized carbons (Fsp3) is 0.429. The Morgan fingerprint density at radius 2 is 1.90 bits per heavy atom. The van der Waals surface area contributed by atoms with Crippen LogP contribution >= 0.6 is 24.8 Å². The number of benzene rings is 1. The summed E-state index contributed by atoms with van der Waals surface area (Å²) >= 11 is 0. The van der Waals surface area contributed by atoms with Crippen LogP contribution in [0, 0.1) is 6.92 Å². The van der Waals surface area contributed by atoms with Crippen LogP contribution in [0.1, 0.15) is 30.1 Å². The quantitative estimate of drug-likeness (QED) is 0.679. The summed E-state index contributed by atoms with van der Waals surface area (Å²) in [6.45, 7) is 7.13. The molecule has 0 aliphatic carbocycles. The Morgan fingerprint density at radius 1 is 1.07 bits per heavy atom. The third-order valence-corrected chi connectivity index (χ3v) is 5.79. The van der Waals surface area contributed by atoms with E-state index < -0.39 is 0 Å². The summed E-state index contributed by atoms with van der Waals surface area (Å²) in [6, 6.07) is 11.5. The summed E-state index contributed by atoms with van der Waals surface area (Å²) in [5.41, 5.74) is 4.92. The summed E-state index contributed by atoms with van der Waals surface area (Å²) in [5.74, 6) is 1.01. The number of anilines is 1. The molecule has 1 aromatic carbocycles. The van der Waals surface area contributed by atoms with Gasteiger partial charge in [0.25, 0.3) is 0 Å². The van der Waals surface area contributed by atoms with Crippen LogP contribution < -0.4 is 10.2 Å². The van der Waals surface area contributed by atoms with Crippen molar-refractivity contribution < 1.29 is 0 Å². The first-order valence-corrected chi connectivity index (χ1v) is 9.90. The first-order chi connectivity index (χ1) is 13.3.